The Morgan fingerprint density at radius 1 is 1.22 bits per heavy atom. The number of carbonyl (C=O) groups excluding carboxylic acids is 3. The van der Waals surface area contributed by atoms with E-state index < -0.39 is 46.5 Å². The second kappa shape index (κ2) is 9.13. The first-order valence-electron chi connectivity index (χ1n) is 9.25. The van der Waals surface area contributed by atoms with Gasteiger partial charge in [0.15, 0.2) is 0 Å². The van der Waals surface area contributed by atoms with Crippen LogP contribution >= 0.6 is 11.6 Å². The fourth-order valence-electron chi connectivity index (χ4n) is 3.07. The van der Waals surface area contributed by atoms with E-state index in [4.69, 9.17) is 16.3 Å². The van der Waals surface area contributed by atoms with E-state index in [0.29, 0.717) is 14.8 Å². The molecular weight excluding hydrogens is 465 g/mol. The van der Waals surface area contributed by atoms with Crippen LogP contribution in [0.1, 0.15) is 5.56 Å². The zero-order chi connectivity index (χ0) is 23.6. The Morgan fingerprint density at radius 2 is 1.88 bits per heavy atom. The van der Waals surface area contributed by atoms with Crippen LogP contribution in [0.15, 0.2) is 48.5 Å². The molecule has 170 valence electrons. The predicted octanol–water partition coefficient (Wildman–Crippen LogP) is 2.84. The molecule has 12 heteroatoms. The topological polar surface area (TPSA) is 104 Å². The van der Waals surface area contributed by atoms with Crippen LogP contribution in [0.5, 0.6) is 0 Å². The van der Waals surface area contributed by atoms with Gasteiger partial charge < -0.3 is 9.64 Å². The molecule has 0 unspecified atom stereocenters. The molecule has 9 nitrogen and oxygen atoms in total. The number of carbonyl (C=O) groups is 3. The van der Waals surface area contributed by atoms with Crippen LogP contribution in [0, 0.1) is 5.82 Å². The van der Waals surface area contributed by atoms with Crippen molar-refractivity contribution >= 4 is 45.3 Å². The average molecular weight is 484 g/mol. The standard InChI is InChI=1S/C20H19ClFN3O6S/c1-23(14-8-9-16(22)15(21)10-14)18(26)17-11-24(32(2,29)30)19(27)25(17)20(28)31-12-13-6-4-3-5-7-13/h3-10,17H,11-12H2,1-2H3/t17-/m0/s1. The predicted molar refractivity (Wildman–Crippen MR) is 114 cm³/mol. The van der Waals surface area contributed by atoms with E-state index in [0.717, 1.165) is 17.2 Å². The lowest BCUT2D eigenvalue weighted by Crippen LogP contribution is -2.49. The highest BCUT2D eigenvalue weighted by atomic mass is 35.5. The number of rotatable bonds is 5. The van der Waals surface area contributed by atoms with Gasteiger partial charge in [0.25, 0.3) is 5.91 Å². The van der Waals surface area contributed by atoms with E-state index in [9.17, 15) is 27.2 Å². The molecule has 4 amide bonds. The monoisotopic (exact) mass is 483 g/mol. The number of benzene rings is 2. The van der Waals surface area contributed by atoms with Gasteiger partial charge in [0, 0.05) is 12.7 Å². The summed E-state index contributed by atoms with van der Waals surface area (Å²) < 4.78 is 43.1. The first-order valence-corrected chi connectivity index (χ1v) is 11.5. The van der Waals surface area contributed by atoms with Crippen molar-refractivity contribution in [1.29, 1.82) is 0 Å². The molecule has 0 radical (unpaired) electrons. The van der Waals surface area contributed by atoms with Gasteiger partial charge in [0.05, 0.1) is 17.8 Å². The lowest BCUT2D eigenvalue weighted by molar-refractivity contribution is -0.121. The van der Waals surface area contributed by atoms with Gasteiger partial charge in [-0.1, -0.05) is 41.9 Å². The molecule has 0 aromatic heterocycles. The number of amides is 4. The Bertz CT molecular complexity index is 1160. The number of nitrogens with zero attached hydrogens (tertiary/aromatic N) is 3. The van der Waals surface area contributed by atoms with Crippen molar-refractivity contribution in [2.75, 3.05) is 24.7 Å². The Morgan fingerprint density at radius 3 is 2.47 bits per heavy atom. The summed E-state index contributed by atoms with van der Waals surface area (Å²) in [5.41, 5.74) is 0.817. The third kappa shape index (κ3) is 4.83. The number of hydrogen-bond donors (Lipinski definition) is 0. The molecule has 0 N–H and O–H groups in total. The van der Waals surface area contributed by atoms with Gasteiger partial charge in [-0.05, 0) is 23.8 Å². The second-order valence-electron chi connectivity index (χ2n) is 7.00. The highest BCUT2D eigenvalue weighted by molar-refractivity contribution is 7.88. The summed E-state index contributed by atoms with van der Waals surface area (Å²) in [4.78, 5) is 40.0. The molecule has 1 fully saturated rings. The van der Waals surface area contributed by atoms with E-state index in [-0.39, 0.29) is 17.3 Å². The van der Waals surface area contributed by atoms with Gasteiger partial charge in [-0.25, -0.2) is 31.6 Å². The van der Waals surface area contributed by atoms with E-state index >= 15 is 0 Å². The van der Waals surface area contributed by atoms with Gasteiger partial charge in [0.2, 0.25) is 10.0 Å². The molecule has 0 saturated carbocycles. The van der Waals surface area contributed by atoms with E-state index in [1.807, 2.05) is 0 Å². The maximum absolute atomic E-state index is 13.5. The molecule has 3 rings (SSSR count). The zero-order valence-corrected chi connectivity index (χ0v) is 18.6. The molecule has 1 aliphatic rings. The molecule has 0 spiro atoms. The summed E-state index contributed by atoms with van der Waals surface area (Å²) in [7, 11) is -2.74. The van der Waals surface area contributed by atoms with Crippen LogP contribution in [0.4, 0.5) is 19.7 Å². The Balaban J connectivity index is 1.87. The molecular formula is C20H19ClFN3O6S. The van der Waals surface area contributed by atoms with E-state index in [2.05, 4.69) is 0 Å². The summed E-state index contributed by atoms with van der Waals surface area (Å²) in [5, 5.41) is -0.235. The molecule has 32 heavy (non-hydrogen) atoms. The molecule has 0 bridgehead atoms. The van der Waals surface area contributed by atoms with Crippen molar-refractivity contribution in [2.24, 2.45) is 0 Å². The van der Waals surface area contributed by atoms with Crippen molar-refractivity contribution in [1.82, 2.24) is 9.21 Å². The Labute approximate surface area is 189 Å². The van der Waals surface area contributed by atoms with Crippen LogP contribution in [0.2, 0.25) is 5.02 Å². The van der Waals surface area contributed by atoms with Gasteiger partial charge in [0.1, 0.15) is 18.5 Å². The summed E-state index contributed by atoms with van der Waals surface area (Å²) in [5.74, 6) is -1.48. The van der Waals surface area contributed by atoms with E-state index in [1.165, 1.54) is 19.2 Å². The van der Waals surface area contributed by atoms with Gasteiger partial charge in [-0.15, -0.1) is 0 Å². The van der Waals surface area contributed by atoms with Crippen LogP contribution in [-0.4, -0.2) is 61.5 Å². The third-order valence-electron chi connectivity index (χ3n) is 4.78. The largest absolute Gasteiger partial charge is 0.444 e. The van der Waals surface area contributed by atoms with Gasteiger partial charge >= 0.3 is 12.1 Å². The minimum Gasteiger partial charge on any atom is -0.444 e. The number of urea groups is 1. The molecule has 1 aliphatic heterocycles. The molecule has 1 saturated heterocycles. The maximum Gasteiger partial charge on any atom is 0.419 e. The van der Waals surface area contributed by atoms with Crippen LogP contribution < -0.4 is 4.90 Å². The summed E-state index contributed by atoms with van der Waals surface area (Å²) in [6.45, 7) is -0.775. The normalized spacial score (nSPS) is 16.2. The minimum atomic E-state index is -4.06. The number of imide groups is 1. The molecule has 0 aliphatic carbocycles. The van der Waals surface area contributed by atoms with Crippen molar-refractivity contribution in [3.8, 4) is 0 Å². The van der Waals surface area contributed by atoms with Crippen molar-refractivity contribution in [2.45, 2.75) is 12.6 Å². The lowest BCUT2D eigenvalue weighted by atomic mass is 10.2. The number of likely N-dealkylation sites (N-methyl/N-ethyl adjacent to an activating group) is 1. The fraction of sp³-hybridized carbons (Fsp3) is 0.250. The van der Waals surface area contributed by atoms with E-state index in [1.54, 1.807) is 30.3 Å². The Hall–Kier alpha value is -3.18. The highest BCUT2D eigenvalue weighted by Crippen LogP contribution is 2.26. The third-order valence-corrected chi connectivity index (χ3v) is 6.17. The first-order chi connectivity index (χ1) is 15.0. The molecule has 1 heterocycles. The first kappa shape index (κ1) is 23.5. The Kier molecular flexibility index (Phi) is 6.70. The molecule has 2 aromatic carbocycles. The lowest BCUT2D eigenvalue weighted by Gasteiger charge is -2.25. The van der Waals surface area contributed by atoms with Gasteiger partial charge in [-0.3, -0.25) is 4.79 Å². The fourth-order valence-corrected chi connectivity index (χ4v) is 4.03. The van der Waals surface area contributed by atoms with Crippen molar-refractivity contribution < 1.29 is 31.9 Å². The van der Waals surface area contributed by atoms with Crippen molar-refractivity contribution in [3.63, 3.8) is 0 Å². The molecule has 1 atom stereocenters. The van der Waals surface area contributed by atoms with Crippen LogP contribution in [0.3, 0.4) is 0 Å². The smallest absolute Gasteiger partial charge is 0.419 e. The van der Waals surface area contributed by atoms with Gasteiger partial charge in [-0.2, -0.15) is 0 Å². The number of sulfonamides is 1. The number of anilines is 1. The second-order valence-corrected chi connectivity index (χ2v) is 9.31. The quantitative estimate of drug-likeness (QED) is 0.647. The number of ether oxygens (including phenoxy) is 1. The number of hydrogen-bond acceptors (Lipinski definition) is 6. The summed E-state index contributed by atoms with van der Waals surface area (Å²) in [6.07, 6.45) is -0.386. The van der Waals surface area contributed by atoms with Crippen LogP contribution in [-0.2, 0) is 26.2 Å². The maximum atomic E-state index is 13.5. The summed E-state index contributed by atoms with van der Waals surface area (Å²) in [6, 6.07) is 9.44. The number of halogens is 2. The molecule has 2 aromatic rings. The van der Waals surface area contributed by atoms with Crippen molar-refractivity contribution in [3.05, 3.63) is 64.9 Å². The van der Waals surface area contributed by atoms with Crippen LogP contribution in [0.25, 0.3) is 0 Å². The summed E-state index contributed by atoms with van der Waals surface area (Å²) >= 11 is 5.77. The SMILES string of the molecule is CN(C(=O)[C@@H]1CN(S(C)(=O)=O)C(=O)N1C(=O)OCc1ccccc1)c1ccc(F)c(Cl)c1. The minimum absolute atomic E-state index is 0.184. The average Bonchev–Trinajstić information content (AvgIpc) is 3.11. The zero-order valence-electron chi connectivity index (χ0n) is 17.1. The highest BCUT2D eigenvalue weighted by Gasteiger charge is 2.50.